The maximum atomic E-state index is 12.1. The van der Waals surface area contributed by atoms with E-state index in [2.05, 4.69) is 19.2 Å². The van der Waals surface area contributed by atoms with Crippen molar-refractivity contribution in [2.24, 2.45) is 11.8 Å². The van der Waals surface area contributed by atoms with Gasteiger partial charge in [0.25, 0.3) is 0 Å². The molecule has 0 spiro atoms. The van der Waals surface area contributed by atoms with Crippen LogP contribution in [0.5, 0.6) is 0 Å². The first kappa shape index (κ1) is 15.4. The molecule has 1 aliphatic carbocycles. The highest BCUT2D eigenvalue weighted by molar-refractivity contribution is 7.18. The van der Waals surface area contributed by atoms with Crippen molar-refractivity contribution in [2.75, 3.05) is 17.6 Å². The van der Waals surface area contributed by atoms with E-state index in [0.29, 0.717) is 11.6 Å². The summed E-state index contributed by atoms with van der Waals surface area (Å²) >= 11 is 1.53. The molecule has 1 fully saturated rings. The largest absolute Gasteiger partial charge is 0.397 e. The van der Waals surface area contributed by atoms with E-state index < -0.39 is 0 Å². The number of nitrogens with two attached hydrogens (primary N) is 1. The molecule has 3 N–H and O–H groups in total. The Bertz CT molecular complexity index is 451. The van der Waals surface area contributed by atoms with Crippen molar-refractivity contribution >= 4 is 27.8 Å². The molecule has 0 bridgehead atoms. The SMILES string of the molecule is CCCCC(CC)CNc1cc(N)c(C(=O)C2CC2)s1. The van der Waals surface area contributed by atoms with Gasteiger partial charge in [0.15, 0.2) is 5.78 Å². The Labute approximate surface area is 125 Å². The van der Waals surface area contributed by atoms with Crippen LogP contribution in [-0.4, -0.2) is 12.3 Å². The van der Waals surface area contributed by atoms with Crippen LogP contribution in [0.25, 0.3) is 0 Å². The van der Waals surface area contributed by atoms with Crippen LogP contribution in [0.3, 0.4) is 0 Å². The third-order valence-corrected chi connectivity index (χ3v) is 5.16. The Balaban J connectivity index is 1.89. The molecule has 1 saturated carbocycles. The minimum atomic E-state index is 0.247. The van der Waals surface area contributed by atoms with Crippen molar-refractivity contribution in [2.45, 2.75) is 52.4 Å². The molecule has 0 saturated heterocycles. The van der Waals surface area contributed by atoms with Crippen molar-refractivity contribution in [1.82, 2.24) is 0 Å². The molecule has 0 aromatic carbocycles. The van der Waals surface area contributed by atoms with Gasteiger partial charge in [-0.15, -0.1) is 11.3 Å². The van der Waals surface area contributed by atoms with Crippen molar-refractivity contribution in [3.63, 3.8) is 0 Å². The first-order chi connectivity index (χ1) is 9.65. The fourth-order valence-corrected chi connectivity index (χ4v) is 3.41. The number of carbonyl (C=O) groups excluding carboxylic acids is 1. The number of carbonyl (C=O) groups is 1. The van der Waals surface area contributed by atoms with E-state index in [1.54, 1.807) is 0 Å². The smallest absolute Gasteiger partial charge is 0.178 e. The number of anilines is 2. The van der Waals surface area contributed by atoms with E-state index in [1.807, 2.05) is 6.07 Å². The normalized spacial score (nSPS) is 16.1. The van der Waals surface area contributed by atoms with Crippen LogP contribution >= 0.6 is 11.3 Å². The summed E-state index contributed by atoms with van der Waals surface area (Å²) in [5.41, 5.74) is 6.63. The first-order valence-electron chi connectivity index (χ1n) is 7.83. The molecule has 3 nitrogen and oxygen atoms in total. The molecule has 1 aromatic rings. The van der Waals surface area contributed by atoms with Gasteiger partial charge < -0.3 is 11.1 Å². The maximum Gasteiger partial charge on any atom is 0.178 e. The fraction of sp³-hybridized carbons (Fsp3) is 0.688. The van der Waals surface area contributed by atoms with Crippen LogP contribution < -0.4 is 11.1 Å². The molecule has 0 aliphatic heterocycles. The standard InChI is InChI=1S/C16H26N2OS/c1-3-5-6-11(4-2)10-18-14-9-13(17)16(20-14)15(19)12-7-8-12/h9,11-12,18H,3-8,10,17H2,1-2H3. The number of hydrogen-bond acceptors (Lipinski definition) is 4. The lowest BCUT2D eigenvalue weighted by Crippen LogP contribution is -2.12. The molecule has 1 unspecified atom stereocenters. The summed E-state index contributed by atoms with van der Waals surface area (Å²) in [4.78, 5) is 12.8. The summed E-state index contributed by atoms with van der Waals surface area (Å²) in [7, 11) is 0. The molecule has 0 amide bonds. The third kappa shape index (κ3) is 3.98. The lowest BCUT2D eigenvalue weighted by atomic mass is 9.99. The first-order valence-corrected chi connectivity index (χ1v) is 8.64. The Hall–Kier alpha value is -1.03. The molecular weight excluding hydrogens is 268 g/mol. The van der Waals surface area contributed by atoms with Gasteiger partial charge in [0.1, 0.15) is 0 Å². The van der Waals surface area contributed by atoms with Crippen molar-refractivity contribution in [3.8, 4) is 0 Å². The molecule has 2 rings (SSSR count). The average Bonchev–Trinajstić information content (AvgIpc) is 3.22. The topological polar surface area (TPSA) is 55.1 Å². The van der Waals surface area contributed by atoms with Crippen LogP contribution in [0.2, 0.25) is 0 Å². The minimum absolute atomic E-state index is 0.247. The van der Waals surface area contributed by atoms with Crippen molar-refractivity contribution in [3.05, 3.63) is 10.9 Å². The second-order valence-corrected chi connectivity index (χ2v) is 6.88. The van der Waals surface area contributed by atoms with Crippen LogP contribution in [0.4, 0.5) is 10.7 Å². The van der Waals surface area contributed by atoms with E-state index in [-0.39, 0.29) is 11.7 Å². The Morgan fingerprint density at radius 2 is 2.25 bits per heavy atom. The van der Waals surface area contributed by atoms with Gasteiger partial charge in [-0.2, -0.15) is 0 Å². The van der Waals surface area contributed by atoms with Crippen molar-refractivity contribution < 1.29 is 4.79 Å². The number of unbranched alkanes of at least 4 members (excludes halogenated alkanes) is 1. The van der Waals surface area contributed by atoms with Gasteiger partial charge in [-0.3, -0.25) is 4.79 Å². The second kappa shape index (κ2) is 7.11. The van der Waals surface area contributed by atoms with Crippen LogP contribution in [0.1, 0.15) is 62.0 Å². The minimum Gasteiger partial charge on any atom is -0.397 e. The molecule has 20 heavy (non-hydrogen) atoms. The number of nitrogens with one attached hydrogen (secondary N) is 1. The van der Waals surface area contributed by atoms with Crippen LogP contribution in [0.15, 0.2) is 6.07 Å². The van der Waals surface area contributed by atoms with Gasteiger partial charge in [-0.25, -0.2) is 0 Å². The Morgan fingerprint density at radius 1 is 1.50 bits per heavy atom. The van der Waals surface area contributed by atoms with Gasteiger partial charge >= 0.3 is 0 Å². The highest BCUT2D eigenvalue weighted by Crippen LogP contribution is 2.38. The summed E-state index contributed by atoms with van der Waals surface area (Å²) in [5, 5.41) is 4.51. The number of rotatable bonds is 9. The van der Waals surface area contributed by atoms with Gasteiger partial charge in [-0.1, -0.05) is 33.1 Å². The third-order valence-electron chi connectivity index (χ3n) is 4.04. The highest BCUT2D eigenvalue weighted by Gasteiger charge is 2.32. The van der Waals surface area contributed by atoms with Gasteiger partial charge in [0, 0.05) is 12.5 Å². The van der Waals surface area contributed by atoms with Crippen molar-refractivity contribution in [1.29, 1.82) is 0 Å². The fourth-order valence-electron chi connectivity index (χ4n) is 2.40. The predicted octanol–water partition coefficient (Wildman–Crippen LogP) is 4.55. The summed E-state index contributed by atoms with van der Waals surface area (Å²) in [6.07, 6.45) is 7.08. The lowest BCUT2D eigenvalue weighted by molar-refractivity contribution is 0.0972. The van der Waals surface area contributed by atoms with Crippen LogP contribution in [-0.2, 0) is 0 Å². The molecule has 4 heteroatoms. The Morgan fingerprint density at radius 3 is 2.85 bits per heavy atom. The summed E-state index contributed by atoms with van der Waals surface area (Å²) in [5.74, 6) is 1.20. The van der Waals surface area contributed by atoms with Crippen LogP contribution in [0, 0.1) is 11.8 Å². The molecule has 1 atom stereocenters. The van der Waals surface area contributed by atoms with Gasteiger partial charge in [0.2, 0.25) is 0 Å². The molecule has 1 heterocycles. The average molecular weight is 294 g/mol. The predicted molar refractivity (Wildman–Crippen MR) is 87.6 cm³/mol. The highest BCUT2D eigenvalue weighted by atomic mass is 32.1. The van der Waals surface area contributed by atoms with E-state index in [1.165, 1.54) is 37.0 Å². The Kier molecular flexibility index (Phi) is 5.46. The molecule has 1 aliphatic rings. The van der Waals surface area contributed by atoms with E-state index in [9.17, 15) is 4.79 Å². The summed E-state index contributed by atoms with van der Waals surface area (Å²) < 4.78 is 0. The number of Topliss-reactive ketones (excluding diaryl/α,β-unsaturated/α-hetero) is 1. The van der Waals surface area contributed by atoms with E-state index >= 15 is 0 Å². The quantitative estimate of drug-likeness (QED) is 0.657. The molecule has 112 valence electrons. The maximum absolute atomic E-state index is 12.1. The second-order valence-electron chi connectivity index (χ2n) is 5.83. The lowest BCUT2D eigenvalue weighted by Gasteiger charge is -2.14. The molecule has 1 aromatic heterocycles. The number of nitrogen functional groups attached to an aromatic ring is 1. The van der Waals surface area contributed by atoms with E-state index in [0.717, 1.165) is 29.3 Å². The van der Waals surface area contributed by atoms with E-state index in [4.69, 9.17) is 5.73 Å². The molecule has 0 radical (unpaired) electrons. The summed E-state index contributed by atoms with van der Waals surface area (Å²) in [6.45, 7) is 5.45. The molecular formula is C16H26N2OS. The number of thiophene rings is 1. The van der Waals surface area contributed by atoms with Gasteiger partial charge in [-0.05, 0) is 31.2 Å². The summed E-state index contributed by atoms with van der Waals surface area (Å²) in [6, 6.07) is 1.92. The van der Waals surface area contributed by atoms with Gasteiger partial charge in [0.05, 0.1) is 15.6 Å². The monoisotopic (exact) mass is 294 g/mol. The number of hydrogen-bond donors (Lipinski definition) is 2. The zero-order chi connectivity index (χ0) is 14.5. The zero-order valence-corrected chi connectivity index (χ0v) is 13.4. The zero-order valence-electron chi connectivity index (χ0n) is 12.6. The number of ketones is 1.